The van der Waals surface area contributed by atoms with Crippen LogP contribution in [0.5, 0.6) is 0 Å². The fourth-order valence-corrected chi connectivity index (χ4v) is 5.12. The van der Waals surface area contributed by atoms with Gasteiger partial charge in [0.1, 0.15) is 5.00 Å². The van der Waals surface area contributed by atoms with Gasteiger partial charge in [-0.1, -0.05) is 17.8 Å². The number of carbonyl (C=O) groups excluding carboxylic acids is 2. The summed E-state index contributed by atoms with van der Waals surface area (Å²) >= 11 is 2.97. The van der Waals surface area contributed by atoms with Crippen molar-refractivity contribution in [1.29, 1.82) is 0 Å². The second kappa shape index (κ2) is 7.53. The van der Waals surface area contributed by atoms with Crippen molar-refractivity contribution in [3.05, 3.63) is 28.7 Å². The summed E-state index contributed by atoms with van der Waals surface area (Å²) in [5.41, 5.74) is 1.69. The highest BCUT2D eigenvalue weighted by atomic mass is 32.2. The summed E-state index contributed by atoms with van der Waals surface area (Å²) in [7, 11) is 0. The molecule has 0 unspecified atom stereocenters. The number of amidine groups is 1. The van der Waals surface area contributed by atoms with Crippen LogP contribution in [0.25, 0.3) is 0 Å². The highest BCUT2D eigenvalue weighted by molar-refractivity contribution is 8.15. The van der Waals surface area contributed by atoms with Crippen molar-refractivity contribution >= 4 is 45.1 Å². The number of carbonyl (C=O) groups is 2. The van der Waals surface area contributed by atoms with Crippen LogP contribution < -0.4 is 0 Å². The molecule has 2 heterocycles. The lowest BCUT2D eigenvalue weighted by Crippen LogP contribution is -2.29. The number of ether oxygens (including phenoxy) is 1. The second-order valence-electron chi connectivity index (χ2n) is 5.59. The van der Waals surface area contributed by atoms with Gasteiger partial charge in [-0.2, -0.15) is 0 Å². The number of aliphatic imine (C=N–C) groups is 1. The number of nitrogens with zero attached hydrogens (tertiary/aromatic N) is 2. The number of hydrogen-bond donors (Lipinski definition) is 0. The summed E-state index contributed by atoms with van der Waals surface area (Å²) in [4.78, 5) is 31.9. The summed E-state index contributed by atoms with van der Waals surface area (Å²) < 4.78 is 5.25. The molecule has 1 aromatic rings. The SMILES string of the molecule is C=CCN1C(=O)CSC1=Nc1sc2c(c1C(=O)OCC)CCCC2. The van der Waals surface area contributed by atoms with Crippen molar-refractivity contribution in [2.24, 2.45) is 4.99 Å². The molecule has 1 aliphatic carbocycles. The Hall–Kier alpha value is -1.60. The molecule has 0 bridgehead atoms. The standard InChI is InChI=1S/C17H20N2O3S2/c1-3-9-19-13(20)10-23-17(19)18-15-14(16(21)22-4-2)11-7-5-6-8-12(11)24-15/h3H,1,4-10H2,2H3. The van der Waals surface area contributed by atoms with Gasteiger partial charge in [0, 0.05) is 11.4 Å². The predicted molar refractivity (Wildman–Crippen MR) is 98.4 cm³/mol. The number of aryl methyl sites for hydroxylation is 1. The van der Waals surface area contributed by atoms with Crippen LogP contribution in [0.4, 0.5) is 5.00 Å². The van der Waals surface area contributed by atoms with Crippen LogP contribution in [-0.4, -0.2) is 40.8 Å². The molecule has 1 aromatic heterocycles. The number of thioether (sulfide) groups is 1. The van der Waals surface area contributed by atoms with Crippen LogP contribution >= 0.6 is 23.1 Å². The minimum Gasteiger partial charge on any atom is -0.462 e. The van der Waals surface area contributed by atoms with Crippen molar-refractivity contribution in [2.45, 2.75) is 32.6 Å². The van der Waals surface area contributed by atoms with Gasteiger partial charge in [-0.3, -0.25) is 9.69 Å². The third-order valence-electron chi connectivity index (χ3n) is 4.00. The molecule has 128 valence electrons. The molecule has 1 amide bonds. The Kier molecular flexibility index (Phi) is 5.40. The molecule has 0 spiro atoms. The zero-order chi connectivity index (χ0) is 17.1. The summed E-state index contributed by atoms with van der Waals surface area (Å²) in [6.07, 6.45) is 5.79. The maximum absolute atomic E-state index is 12.5. The summed E-state index contributed by atoms with van der Waals surface area (Å²) in [5, 5.41) is 1.32. The lowest BCUT2D eigenvalue weighted by molar-refractivity contribution is -0.123. The van der Waals surface area contributed by atoms with Crippen LogP contribution in [0.2, 0.25) is 0 Å². The molecule has 0 N–H and O–H groups in total. The topological polar surface area (TPSA) is 59.0 Å². The van der Waals surface area contributed by atoms with Gasteiger partial charge < -0.3 is 4.74 Å². The van der Waals surface area contributed by atoms with E-state index in [1.165, 1.54) is 16.6 Å². The van der Waals surface area contributed by atoms with Gasteiger partial charge >= 0.3 is 5.97 Å². The molecule has 7 heteroatoms. The molecule has 1 fully saturated rings. The second-order valence-corrected chi connectivity index (χ2v) is 7.61. The van der Waals surface area contributed by atoms with E-state index in [1.54, 1.807) is 29.2 Å². The van der Waals surface area contributed by atoms with Crippen molar-refractivity contribution in [1.82, 2.24) is 4.90 Å². The third-order valence-corrected chi connectivity index (χ3v) is 6.14. The minimum atomic E-state index is -0.305. The zero-order valence-corrected chi connectivity index (χ0v) is 15.3. The molecule has 0 aromatic carbocycles. The van der Waals surface area contributed by atoms with E-state index in [2.05, 4.69) is 11.6 Å². The first kappa shape index (κ1) is 17.2. The summed E-state index contributed by atoms with van der Waals surface area (Å²) in [6.45, 7) is 6.28. The van der Waals surface area contributed by atoms with Crippen molar-refractivity contribution in [2.75, 3.05) is 18.9 Å². The normalized spacial score (nSPS) is 18.8. The van der Waals surface area contributed by atoms with Crippen LogP contribution in [0.3, 0.4) is 0 Å². The number of amides is 1. The molecule has 5 nitrogen and oxygen atoms in total. The largest absolute Gasteiger partial charge is 0.462 e. The first-order valence-electron chi connectivity index (χ1n) is 8.10. The van der Waals surface area contributed by atoms with Crippen LogP contribution in [0.15, 0.2) is 17.6 Å². The molecule has 0 radical (unpaired) electrons. The number of esters is 1. The van der Waals surface area contributed by atoms with Crippen molar-refractivity contribution < 1.29 is 14.3 Å². The number of fused-ring (bicyclic) bond motifs is 1. The predicted octanol–water partition coefficient (Wildman–Crippen LogP) is 3.55. The highest BCUT2D eigenvalue weighted by Gasteiger charge is 2.30. The van der Waals surface area contributed by atoms with Gasteiger partial charge in [-0.05, 0) is 38.2 Å². The van der Waals surface area contributed by atoms with Crippen LogP contribution in [-0.2, 0) is 22.4 Å². The average molecular weight is 364 g/mol. The molecule has 24 heavy (non-hydrogen) atoms. The number of thiophene rings is 1. The summed E-state index contributed by atoms with van der Waals surface area (Å²) in [5.74, 6) is 0.102. The van der Waals surface area contributed by atoms with Gasteiger partial charge in [0.25, 0.3) is 0 Å². The maximum Gasteiger partial charge on any atom is 0.341 e. The van der Waals surface area contributed by atoms with E-state index in [0.717, 1.165) is 31.2 Å². The lowest BCUT2D eigenvalue weighted by Gasteiger charge is -2.13. The fourth-order valence-electron chi connectivity index (χ4n) is 2.92. The molecule has 1 aliphatic heterocycles. The van der Waals surface area contributed by atoms with Gasteiger partial charge in [0.15, 0.2) is 5.17 Å². The third kappa shape index (κ3) is 3.28. The van der Waals surface area contributed by atoms with Gasteiger partial charge in [0.2, 0.25) is 5.91 Å². The van der Waals surface area contributed by atoms with E-state index in [4.69, 9.17) is 4.74 Å². The average Bonchev–Trinajstić information content (AvgIpc) is 3.10. The van der Waals surface area contributed by atoms with E-state index >= 15 is 0 Å². The number of rotatable bonds is 5. The zero-order valence-electron chi connectivity index (χ0n) is 13.7. The van der Waals surface area contributed by atoms with E-state index in [9.17, 15) is 9.59 Å². The molecular weight excluding hydrogens is 344 g/mol. The van der Waals surface area contributed by atoms with E-state index in [-0.39, 0.29) is 11.9 Å². The Labute approximate surface area is 149 Å². The van der Waals surface area contributed by atoms with E-state index in [1.807, 2.05) is 0 Å². The quantitative estimate of drug-likeness (QED) is 0.592. The Morgan fingerprint density at radius 3 is 2.96 bits per heavy atom. The smallest absolute Gasteiger partial charge is 0.341 e. The minimum absolute atomic E-state index is 0.0256. The monoisotopic (exact) mass is 364 g/mol. The Morgan fingerprint density at radius 1 is 1.42 bits per heavy atom. The van der Waals surface area contributed by atoms with Crippen molar-refractivity contribution in [3.8, 4) is 0 Å². The van der Waals surface area contributed by atoms with E-state index < -0.39 is 0 Å². The Bertz CT molecular complexity index is 709. The molecule has 0 atom stereocenters. The van der Waals surface area contributed by atoms with Gasteiger partial charge in [0.05, 0.1) is 17.9 Å². The first-order chi connectivity index (χ1) is 11.7. The van der Waals surface area contributed by atoms with Crippen molar-refractivity contribution in [3.63, 3.8) is 0 Å². The Morgan fingerprint density at radius 2 is 2.21 bits per heavy atom. The van der Waals surface area contributed by atoms with E-state index in [0.29, 0.717) is 34.6 Å². The van der Waals surface area contributed by atoms with Crippen LogP contribution in [0, 0.1) is 0 Å². The molecule has 2 aliphatic rings. The molecule has 0 saturated carbocycles. The van der Waals surface area contributed by atoms with Gasteiger partial charge in [-0.25, -0.2) is 9.79 Å². The summed E-state index contributed by atoms with van der Waals surface area (Å²) in [6, 6.07) is 0. The fraction of sp³-hybridized carbons (Fsp3) is 0.471. The molecular formula is C17H20N2O3S2. The van der Waals surface area contributed by atoms with Crippen LogP contribution in [0.1, 0.15) is 40.6 Å². The first-order valence-corrected chi connectivity index (χ1v) is 9.90. The lowest BCUT2D eigenvalue weighted by atomic mass is 9.95. The Balaban J connectivity index is 2.02. The van der Waals surface area contributed by atoms with Gasteiger partial charge in [-0.15, -0.1) is 17.9 Å². The maximum atomic E-state index is 12.5. The molecule has 3 rings (SSSR count). The number of hydrogen-bond acceptors (Lipinski definition) is 6. The molecule has 1 saturated heterocycles. The highest BCUT2D eigenvalue weighted by Crippen LogP contribution is 2.41.